The Kier molecular flexibility index (Phi) is 5.88. The van der Waals surface area contributed by atoms with E-state index < -0.39 is 0 Å². The molecular formula is C18H25FN2O2. The van der Waals surface area contributed by atoms with Gasteiger partial charge in [-0.1, -0.05) is 0 Å². The smallest absolute Gasteiger partial charge is 0.236 e. The number of benzene rings is 1. The highest BCUT2D eigenvalue weighted by atomic mass is 19.1. The molecule has 0 radical (unpaired) electrons. The molecule has 1 aliphatic heterocycles. The van der Waals surface area contributed by atoms with Gasteiger partial charge in [-0.05, 0) is 57.5 Å². The molecule has 4 nitrogen and oxygen atoms in total. The molecule has 0 N–H and O–H groups in total. The van der Waals surface area contributed by atoms with Crippen molar-refractivity contribution in [3.05, 3.63) is 35.6 Å². The number of amides is 1. The number of carbonyl (C=O) groups excluding carboxylic acids is 2. The van der Waals surface area contributed by atoms with Crippen LogP contribution in [0.1, 0.15) is 43.5 Å². The lowest BCUT2D eigenvalue weighted by Crippen LogP contribution is -2.43. The van der Waals surface area contributed by atoms with Crippen molar-refractivity contribution in [2.75, 3.05) is 20.1 Å². The van der Waals surface area contributed by atoms with Gasteiger partial charge in [0.25, 0.3) is 0 Å². The first-order valence-electron chi connectivity index (χ1n) is 8.17. The summed E-state index contributed by atoms with van der Waals surface area (Å²) in [6.07, 6.45) is 2.30. The Morgan fingerprint density at radius 3 is 2.57 bits per heavy atom. The number of likely N-dealkylation sites (tertiary alicyclic amines) is 1. The fraction of sp³-hybridized carbons (Fsp3) is 0.556. The third kappa shape index (κ3) is 4.61. The number of likely N-dealkylation sites (N-methyl/N-ethyl adjacent to an activating group) is 1. The van der Waals surface area contributed by atoms with Crippen LogP contribution < -0.4 is 0 Å². The SMILES string of the molecule is CC(C)N(C)C(=O)CN1CCC[C@H]1CC(=O)c1ccc(F)cc1. The van der Waals surface area contributed by atoms with E-state index >= 15 is 0 Å². The summed E-state index contributed by atoms with van der Waals surface area (Å²) in [6, 6.07) is 5.92. The maximum Gasteiger partial charge on any atom is 0.236 e. The molecule has 1 amide bonds. The Hall–Kier alpha value is -1.75. The first kappa shape index (κ1) is 17.6. The monoisotopic (exact) mass is 320 g/mol. The van der Waals surface area contributed by atoms with Crippen LogP contribution in [0.15, 0.2) is 24.3 Å². The van der Waals surface area contributed by atoms with Crippen LogP contribution in [-0.2, 0) is 4.79 Å². The molecule has 0 bridgehead atoms. The zero-order valence-corrected chi connectivity index (χ0v) is 14.1. The molecule has 0 aliphatic carbocycles. The van der Waals surface area contributed by atoms with Crippen LogP contribution in [0, 0.1) is 5.82 Å². The van der Waals surface area contributed by atoms with E-state index in [9.17, 15) is 14.0 Å². The molecule has 126 valence electrons. The van der Waals surface area contributed by atoms with Gasteiger partial charge < -0.3 is 4.90 Å². The van der Waals surface area contributed by atoms with E-state index in [1.165, 1.54) is 24.3 Å². The molecule has 1 saturated heterocycles. The van der Waals surface area contributed by atoms with Crippen LogP contribution in [0.4, 0.5) is 4.39 Å². The van der Waals surface area contributed by atoms with Crippen molar-refractivity contribution in [2.24, 2.45) is 0 Å². The van der Waals surface area contributed by atoms with Gasteiger partial charge in [0.2, 0.25) is 5.91 Å². The Labute approximate surface area is 137 Å². The van der Waals surface area contributed by atoms with E-state index in [-0.39, 0.29) is 29.6 Å². The van der Waals surface area contributed by atoms with Gasteiger partial charge in [-0.2, -0.15) is 0 Å². The number of Topliss-reactive ketones (excluding diaryl/α,β-unsaturated/α-hetero) is 1. The number of rotatable bonds is 6. The molecule has 0 aromatic heterocycles. The molecule has 0 saturated carbocycles. The minimum absolute atomic E-state index is 0.00608. The van der Waals surface area contributed by atoms with Crippen LogP contribution in [0.3, 0.4) is 0 Å². The van der Waals surface area contributed by atoms with Crippen LogP contribution in [0.2, 0.25) is 0 Å². The van der Waals surface area contributed by atoms with Gasteiger partial charge in [-0.15, -0.1) is 0 Å². The highest BCUT2D eigenvalue weighted by Gasteiger charge is 2.29. The number of nitrogens with zero attached hydrogens (tertiary/aromatic N) is 2. The molecule has 23 heavy (non-hydrogen) atoms. The molecular weight excluding hydrogens is 295 g/mol. The minimum atomic E-state index is -0.341. The van der Waals surface area contributed by atoms with Crippen molar-refractivity contribution in [2.45, 2.75) is 45.2 Å². The molecule has 5 heteroatoms. The summed E-state index contributed by atoms with van der Waals surface area (Å²) >= 11 is 0. The molecule has 1 atom stereocenters. The standard InChI is InChI=1S/C18H25FN2O2/c1-13(2)20(3)18(23)12-21-10-4-5-16(21)11-17(22)14-6-8-15(19)9-7-14/h6-9,13,16H,4-5,10-12H2,1-3H3/t16-/m0/s1. The maximum absolute atomic E-state index is 12.9. The Balaban J connectivity index is 1.95. The predicted octanol–water partition coefficient (Wildman–Crippen LogP) is 2.73. The van der Waals surface area contributed by atoms with Gasteiger partial charge in [0.15, 0.2) is 5.78 Å². The molecule has 1 aromatic carbocycles. The van der Waals surface area contributed by atoms with Crippen LogP contribution >= 0.6 is 0 Å². The maximum atomic E-state index is 12.9. The van der Waals surface area contributed by atoms with Crippen molar-refractivity contribution in [1.82, 2.24) is 9.80 Å². The third-order valence-corrected chi connectivity index (χ3v) is 4.59. The van der Waals surface area contributed by atoms with E-state index in [1.807, 2.05) is 20.9 Å². The zero-order chi connectivity index (χ0) is 17.0. The number of hydrogen-bond acceptors (Lipinski definition) is 3. The van der Waals surface area contributed by atoms with E-state index in [0.29, 0.717) is 18.5 Å². The second kappa shape index (κ2) is 7.68. The van der Waals surface area contributed by atoms with E-state index in [4.69, 9.17) is 0 Å². The summed E-state index contributed by atoms with van der Waals surface area (Å²) < 4.78 is 12.9. The van der Waals surface area contributed by atoms with Crippen LogP contribution in [-0.4, -0.2) is 53.7 Å². The highest BCUT2D eigenvalue weighted by Crippen LogP contribution is 2.22. The van der Waals surface area contributed by atoms with E-state index in [2.05, 4.69) is 4.90 Å². The second-order valence-corrected chi connectivity index (χ2v) is 6.50. The van der Waals surface area contributed by atoms with Gasteiger partial charge in [0, 0.05) is 31.1 Å². The lowest BCUT2D eigenvalue weighted by molar-refractivity contribution is -0.132. The summed E-state index contributed by atoms with van der Waals surface area (Å²) in [5, 5.41) is 0. The minimum Gasteiger partial charge on any atom is -0.342 e. The van der Waals surface area contributed by atoms with Gasteiger partial charge in [-0.25, -0.2) is 4.39 Å². The van der Waals surface area contributed by atoms with Gasteiger partial charge in [0.1, 0.15) is 5.82 Å². The summed E-state index contributed by atoms with van der Waals surface area (Å²) in [5.74, 6) is -0.251. The molecule has 1 aromatic rings. The van der Waals surface area contributed by atoms with E-state index in [0.717, 1.165) is 19.4 Å². The normalized spacial score (nSPS) is 18.4. The quantitative estimate of drug-likeness (QED) is 0.757. The fourth-order valence-corrected chi connectivity index (χ4v) is 2.88. The van der Waals surface area contributed by atoms with Gasteiger partial charge in [-0.3, -0.25) is 14.5 Å². The third-order valence-electron chi connectivity index (χ3n) is 4.59. The molecule has 2 rings (SSSR count). The number of halogens is 1. The molecule has 0 spiro atoms. The first-order chi connectivity index (χ1) is 10.9. The largest absolute Gasteiger partial charge is 0.342 e. The van der Waals surface area contributed by atoms with Crippen molar-refractivity contribution in [1.29, 1.82) is 0 Å². The second-order valence-electron chi connectivity index (χ2n) is 6.50. The summed E-state index contributed by atoms with van der Waals surface area (Å²) in [7, 11) is 1.81. The summed E-state index contributed by atoms with van der Waals surface area (Å²) in [6.45, 7) is 5.17. The van der Waals surface area contributed by atoms with Crippen molar-refractivity contribution < 1.29 is 14.0 Å². The average Bonchev–Trinajstić information content (AvgIpc) is 2.93. The lowest BCUT2D eigenvalue weighted by atomic mass is 10.0. The lowest BCUT2D eigenvalue weighted by Gasteiger charge is -2.28. The van der Waals surface area contributed by atoms with Gasteiger partial charge in [0.05, 0.1) is 6.54 Å². The Bertz CT molecular complexity index is 557. The summed E-state index contributed by atoms with van der Waals surface area (Å²) in [5.41, 5.74) is 0.531. The Morgan fingerprint density at radius 2 is 1.96 bits per heavy atom. The van der Waals surface area contributed by atoms with Crippen LogP contribution in [0.5, 0.6) is 0 Å². The zero-order valence-electron chi connectivity index (χ0n) is 14.1. The molecule has 1 heterocycles. The van der Waals surface area contributed by atoms with E-state index in [1.54, 1.807) is 4.90 Å². The number of hydrogen-bond donors (Lipinski definition) is 0. The van der Waals surface area contributed by atoms with Crippen LogP contribution in [0.25, 0.3) is 0 Å². The van der Waals surface area contributed by atoms with Crippen molar-refractivity contribution in [3.63, 3.8) is 0 Å². The predicted molar refractivity (Wildman–Crippen MR) is 87.8 cm³/mol. The molecule has 1 aliphatic rings. The van der Waals surface area contributed by atoms with Crippen molar-refractivity contribution >= 4 is 11.7 Å². The first-order valence-corrected chi connectivity index (χ1v) is 8.17. The van der Waals surface area contributed by atoms with Gasteiger partial charge >= 0.3 is 0 Å². The molecule has 1 fully saturated rings. The number of carbonyl (C=O) groups is 2. The fourth-order valence-electron chi connectivity index (χ4n) is 2.88. The summed E-state index contributed by atoms with van der Waals surface area (Å²) in [4.78, 5) is 28.4. The average molecular weight is 320 g/mol. The molecule has 0 unspecified atom stereocenters. The number of ketones is 1. The Morgan fingerprint density at radius 1 is 1.30 bits per heavy atom. The topological polar surface area (TPSA) is 40.6 Å². The highest BCUT2D eigenvalue weighted by molar-refractivity contribution is 5.96. The van der Waals surface area contributed by atoms with Crippen molar-refractivity contribution in [3.8, 4) is 0 Å².